The molecule has 0 saturated carbocycles. The predicted octanol–water partition coefficient (Wildman–Crippen LogP) is 4.33. The number of carbonyl (C=O) groups is 1. The van der Waals surface area contributed by atoms with Crippen molar-refractivity contribution in [3.05, 3.63) is 70.0 Å². The highest BCUT2D eigenvalue weighted by molar-refractivity contribution is 5.93. The monoisotopic (exact) mass is 342 g/mol. The summed E-state index contributed by atoms with van der Waals surface area (Å²) in [4.78, 5) is 12.4. The molecule has 2 aromatic carbocycles. The topological polar surface area (TPSA) is 46.5 Å². The van der Waals surface area contributed by atoms with Crippen molar-refractivity contribution < 1.29 is 19.0 Å². The zero-order valence-corrected chi connectivity index (χ0v) is 14.8. The van der Waals surface area contributed by atoms with Gasteiger partial charge in [-0.05, 0) is 30.0 Å². The van der Waals surface area contributed by atoms with Crippen LogP contribution >= 0.6 is 0 Å². The van der Waals surface area contributed by atoms with Gasteiger partial charge in [0.05, 0.1) is 11.7 Å². The molecule has 0 saturated heterocycles. The first-order valence-corrected chi connectivity index (χ1v) is 8.71. The van der Waals surface area contributed by atoms with Crippen LogP contribution in [0.15, 0.2) is 36.4 Å². The van der Waals surface area contributed by atoms with Crippen LogP contribution in [-0.4, -0.2) is 17.2 Å². The number of hydrogen-bond donors (Lipinski definition) is 1. The second kappa shape index (κ2) is 6.96. The minimum atomic E-state index is -0.966. The molecule has 0 fully saturated rings. The van der Waals surface area contributed by atoms with Crippen molar-refractivity contribution >= 4 is 5.97 Å². The fraction of sp³-hybridized carbons (Fsp3) is 0.381. The zero-order valence-electron chi connectivity index (χ0n) is 14.8. The van der Waals surface area contributed by atoms with Crippen LogP contribution < -0.4 is 0 Å². The first-order valence-electron chi connectivity index (χ1n) is 8.71. The van der Waals surface area contributed by atoms with Crippen molar-refractivity contribution in [2.75, 3.05) is 0 Å². The lowest BCUT2D eigenvalue weighted by Gasteiger charge is -2.30. The number of ether oxygens (including phenoxy) is 1. The Morgan fingerprint density at radius 3 is 2.48 bits per heavy atom. The van der Waals surface area contributed by atoms with E-state index in [-0.39, 0.29) is 23.1 Å². The van der Waals surface area contributed by atoms with E-state index in [1.54, 1.807) is 12.1 Å². The summed E-state index contributed by atoms with van der Waals surface area (Å²) in [5.41, 5.74) is 3.08. The largest absolute Gasteiger partial charge is 0.458 e. The normalized spacial score (nSPS) is 19.1. The molecule has 1 aliphatic rings. The highest BCUT2D eigenvalue weighted by atomic mass is 19.1. The molecule has 3 rings (SSSR count). The first kappa shape index (κ1) is 17.6. The van der Waals surface area contributed by atoms with Gasteiger partial charge in [0.15, 0.2) is 0 Å². The molecular formula is C21H23FO3. The molecule has 25 heavy (non-hydrogen) atoms. The van der Waals surface area contributed by atoms with Crippen LogP contribution in [0.2, 0.25) is 0 Å². The predicted molar refractivity (Wildman–Crippen MR) is 94.2 cm³/mol. The highest BCUT2D eigenvalue weighted by Crippen LogP contribution is 2.33. The van der Waals surface area contributed by atoms with Crippen molar-refractivity contribution in [2.24, 2.45) is 0 Å². The lowest BCUT2D eigenvalue weighted by Crippen LogP contribution is -2.33. The van der Waals surface area contributed by atoms with Crippen molar-refractivity contribution in [1.29, 1.82) is 0 Å². The molecule has 0 spiro atoms. The highest BCUT2D eigenvalue weighted by Gasteiger charge is 2.34. The van der Waals surface area contributed by atoms with E-state index in [0.717, 1.165) is 12.0 Å². The third-order valence-electron chi connectivity index (χ3n) is 5.06. The molecule has 132 valence electrons. The van der Waals surface area contributed by atoms with Crippen molar-refractivity contribution in [2.45, 2.75) is 51.7 Å². The Bertz CT molecular complexity index is 780. The van der Waals surface area contributed by atoms with Crippen LogP contribution in [0.25, 0.3) is 0 Å². The zero-order chi connectivity index (χ0) is 18.1. The smallest absolute Gasteiger partial charge is 0.341 e. The molecule has 3 atom stereocenters. The van der Waals surface area contributed by atoms with Crippen molar-refractivity contribution in [3.63, 3.8) is 0 Å². The van der Waals surface area contributed by atoms with Gasteiger partial charge in [0.1, 0.15) is 11.9 Å². The Morgan fingerprint density at radius 1 is 1.20 bits per heavy atom. The van der Waals surface area contributed by atoms with Gasteiger partial charge < -0.3 is 9.84 Å². The van der Waals surface area contributed by atoms with Crippen LogP contribution in [-0.2, 0) is 17.6 Å². The maximum absolute atomic E-state index is 14.5. The summed E-state index contributed by atoms with van der Waals surface area (Å²) in [6.45, 7) is 5.60. The molecule has 3 nitrogen and oxygen atoms in total. The molecule has 2 aromatic rings. The average molecular weight is 342 g/mol. The van der Waals surface area contributed by atoms with Gasteiger partial charge in [-0.25, -0.2) is 9.18 Å². The summed E-state index contributed by atoms with van der Waals surface area (Å²) in [6.07, 6.45) is 0.149. The van der Waals surface area contributed by atoms with Crippen LogP contribution in [0.3, 0.4) is 0 Å². The second-order valence-electron chi connectivity index (χ2n) is 6.71. The van der Waals surface area contributed by atoms with Gasteiger partial charge in [0, 0.05) is 17.9 Å². The number of halogens is 1. The number of aryl methyl sites for hydroxylation is 1. The SMILES string of the molecule is CCc1ccc(C(C)C2Cc3ccc(C(C)O)c(F)c3C(=O)O2)cc1. The van der Waals surface area contributed by atoms with E-state index in [9.17, 15) is 14.3 Å². The quantitative estimate of drug-likeness (QED) is 0.842. The summed E-state index contributed by atoms with van der Waals surface area (Å²) in [5.74, 6) is -1.30. The number of benzene rings is 2. The molecule has 0 radical (unpaired) electrons. The number of fused-ring (bicyclic) bond motifs is 1. The number of rotatable bonds is 4. The van der Waals surface area contributed by atoms with E-state index < -0.39 is 17.9 Å². The number of carbonyl (C=O) groups excluding carboxylic acids is 1. The maximum Gasteiger partial charge on any atom is 0.341 e. The molecule has 1 heterocycles. The summed E-state index contributed by atoms with van der Waals surface area (Å²) in [6, 6.07) is 11.6. The third-order valence-corrected chi connectivity index (χ3v) is 5.06. The van der Waals surface area contributed by atoms with Gasteiger partial charge in [0.25, 0.3) is 0 Å². The molecule has 0 bridgehead atoms. The molecule has 4 heteroatoms. The van der Waals surface area contributed by atoms with E-state index in [1.165, 1.54) is 12.5 Å². The van der Waals surface area contributed by atoms with E-state index in [4.69, 9.17) is 4.74 Å². The Labute approximate surface area is 147 Å². The van der Waals surface area contributed by atoms with Crippen LogP contribution in [0.5, 0.6) is 0 Å². The van der Waals surface area contributed by atoms with Gasteiger partial charge in [0.2, 0.25) is 0 Å². The third kappa shape index (κ3) is 3.31. The molecular weight excluding hydrogens is 319 g/mol. The van der Waals surface area contributed by atoms with Crippen LogP contribution in [0.1, 0.15) is 65.4 Å². The Balaban J connectivity index is 1.88. The first-order chi connectivity index (χ1) is 11.9. The van der Waals surface area contributed by atoms with Gasteiger partial charge in [-0.2, -0.15) is 0 Å². The average Bonchev–Trinajstić information content (AvgIpc) is 2.60. The molecule has 1 N–H and O–H groups in total. The fourth-order valence-corrected chi connectivity index (χ4v) is 3.35. The molecule has 1 aliphatic heterocycles. The van der Waals surface area contributed by atoms with E-state index in [0.29, 0.717) is 12.0 Å². The minimum Gasteiger partial charge on any atom is -0.458 e. The number of aliphatic hydroxyl groups excluding tert-OH is 1. The summed E-state index contributed by atoms with van der Waals surface area (Å²) in [5, 5.41) is 9.63. The van der Waals surface area contributed by atoms with Crippen molar-refractivity contribution in [3.8, 4) is 0 Å². The maximum atomic E-state index is 14.5. The Kier molecular flexibility index (Phi) is 4.91. The fourth-order valence-electron chi connectivity index (χ4n) is 3.35. The van der Waals surface area contributed by atoms with Crippen molar-refractivity contribution in [1.82, 2.24) is 0 Å². The standard InChI is InChI=1S/C21H23FO3/c1-4-14-5-7-15(8-6-14)12(2)18-11-16-9-10-17(13(3)23)20(22)19(16)21(24)25-18/h5-10,12-13,18,23H,4,11H2,1-3H3. The molecule has 0 amide bonds. The lowest BCUT2D eigenvalue weighted by molar-refractivity contribution is 0.0193. The van der Waals surface area contributed by atoms with E-state index in [2.05, 4.69) is 31.2 Å². The summed E-state index contributed by atoms with van der Waals surface area (Å²) < 4.78 is 20.1. The summed E-state index contributed by atoms with van der Waals surface area (Å²) >= 11 is 0. The lowest BCUT2D eigenvalue weighted by atomic mass is 9.86. The van der Waals surface area contributed by atoms with Gasteiger partial charge in [-0.1, -0.05) is 50.2 Å². The summed E-state index contributed by atoms with van der Waals surface area (Å²) in [7, 11) is 0. The van der Waals surface area contributed by atoms with Crippen LogP contribution in [0, 0.1) is 5.82 Å². The second-order valence-corrected chi connectivity index (χ2v) is 6.71. The number of cyclic esters (lactones) is 1. The van der Waals surface area contributed by atoms with E-state index in [1.807, 2.05) is 6.92 Å². The molecule has 0 aliphatic carbocycles. The number of hydrogen-bond acceptors (Lipinski definition) is 3. The molecule has 0 aromatic heterocycles. The Morgan fingerprint density at radius 2 is 1.88 bits per heavy atom. The van der Waals surface area contributed by atoms with Crippen LogP contribution in [0.4, 0.5) is 4.39 Å². The minimum absolute atomic E-state index is 0.0162. The van der Waals surface area contributed by atoms with Gasteiger partial charge >= 0.3 is 5.97 Å². The number of aliphatic hydroxyl groups is 1. The van der Waals surface area contributed by atoms with Gasteiger partial charge in [-0.3, -0.25) is 0 Å². The number of esters is 1. The van der Waals surface area contributed by atoms with Gasteiger partial charge in [-0.15, -0.1) is 0 Å². The van der Waals surface area contributed by atoms with E-state index >= 15 is 0 Å². The Hall–Kier alpha value is -2.20. The molecule has 3 unspecified atom stereocenters.